The molecule has 0 unspecified atom stereocenters. The number of rotatable bonds is 7. The van der Waals surface area contributed by atoms with Gasteiger partial charge in [-0.25, -0.2) is 17.7 Å². The van der Waals surface area contributed by atoms with Crippen LogP contribution in [0.3, 0.4) is 0 Å². The third kappa shape index (κ3) is 5.60. The predicted molar refractivity (Wildman–Crippen MR) is 104 cm³/mol. The molecule has 29 heavy (non-hydrogen) atoms. The standard InChI is InChI=1S/C20H26F3N3O2S/c1-25(29(27,28)19-8-6-18(7-9-19)20(21,22)23)12-10-16-2-4-17(5-3-16)14-26-13-11-24-15-26/h6-9,11,13,15-17H,2-5,10,12,14H2,1H3. The quantitative estimate of drug-likeness (QED) is 0.655. The monoisotopic (exact) mass is 429 g/mol. The molecule has 0 saturated heterocycles. The number of hydrogen-bond donors (Lipinski definition) is 0. The molecule has 0 aliphatic heterocycles. The minimum atomic E-state index is -4.48. The van der Waals surface area contributed by atoms with Crippen LogP contribution in [-0.2, 0) is 22.7 Å². The number of halogens is 3. The Balaban J connectivity index is 1.49. The Hall–Kier alpha value is -1.87. The molecule has 2 aromatic rings. The Labute approximate surface area is 169 Å². The van der Waals surface area contributed by atoms with Gasteiger partial charge in [0.15, 0.2) is 0 Å². The van der Waals surface area contributed by atoms with Gasteiger partial charge in [-0.3, -0.25) is 0 Å². The lowest BCUT2D eigenvalue weighted by atomic mass is 9.80. The number of nitrogens with zero attached hydrogens (tertiary/aromatic N) is 3. The number of alkyl halides is 3. The molecule has 0 N–H and O–H groups in total. The summed E-state index contributed by atoms with van der Waals surface area (Å²) >= 11 is 0. The highest BCUT2D eigenvalue weighted by molar-refractivity contribution is 7.89. The maximum absolute atomic E-state index is 12.7. The predicted octanol–water partition coefficient (Wildman–Crippen LogP) is 4.42. The normalized spacial score (nSPS) is 20.9. The van der Waals surface area contributed by atoms with Crippen LogP contribution in [0.1, 0.15) is 37.7 Å². The topological polar surface area (TPSA) is 55.2 Å². The lowest BCUT2D eigenvalue weighted by Crippen LogP contribution is -2.30. The van der Waals surface area contributed by atoms with Crippen molar-refractivity contribution in [1.29, 1.82) is 0 Å². The van der Waals surface area contributed by atoms with Crippen molar-refractivity contribution in [3.05, 3.63) is 48.5 Å². The molecule has 0 amide bonds. The van der Waals surface area contributed by atoms with Crippen molar-refractivity contribution >= 4 is 10.0 Å². The molecule has 0 bridgehead atoms. The van der Waals surface area contributed by atoms with Gasteiger partial charge in [0.25, 0.3) is 0 Å². The van der Waals surface area contributed by atoms with Crippen molar-refractivity contribution in [3.63, 3.8) is 0 Å². The molecule has 5 nitrogen and oxygen atoms in total. The average molecular weight is 430 g/mol. The first kappa shape index (κ1) is 21.8. The smallest absolute Gasteiger partial charge is 0.337 e. The SMILES string of the molecule is CN(CCC1CCC(Cn2ccnc2)CC1)S(=O)(=O)c1ccc(C(F)(F)F)cc1. The maximum Gasteiger partial charge on any atom is 0.416 e. The first-order valence-electron chi connectivity index (χ1n) is 9.75. The van der Waals surface area contributed by atoms with E-state index in [1.165, 1.54) is 11.4 Å². The number of aromatic nitrogens is 2. The van der Waals surface area contributed by atoms with Crippen LogP contribution in [0.4, 0.5) is 13.2 Å². The Morgan fingerprint density at radius 3 is 2.28 bits per heavy atom. The minimum Gasteiger partial charge on any atom is -0.337 e. The summed E-state index contributed by atoms with van der Waals surface area (Å²) in [7, 11) is -2.31. The maximum atomic E-state index is 12.7. The zero-order valence-electron chi connectivity index (χ0n) is 16.3. The fourth-order valence-corrected chi connectivity index (χ4v) is 5.06. The summed E-state index contributed by atoms with van der Waals surface area (Å²) in [4.78, 5) is 3.95. The Kier molecular flexibility index (Phi) is 6.68. The van der Waals surface area contributed by atoms with Gasteiger partial charge in [-0.2, -0.15) is 13.2 Å². The number of sulfonamides is 1. The van der Waals surface area contributed by atoms with Crippen molar-refractivity contribution in [1.82, 2.24) is 13.9 Å². The summed E-state index contributed by atoms with van der Waals surface area (Å²) in [5, 5.41) is 0. The van der Waals surface area contributed by atoms with Crippen LogP contribution in [0.5, 0.6) is 0 Å². The van der Waals surface area contributed by atoms with Gasteiger partial charge in [-0.1, -0.05) is 12.8 Å². The van der Waals surface area contributed by atoms with E-state index in [0.717, 1.165) is 62.9 Å². The third-order valence-corrected chi connectivity index (χ3v) is 7.61. The summed E-state index contributed by atoms with van der Waals surface area (Å²) in [5.41, 5.74) is -0.855. The highest BCUT2D eigenvalue weighted by atomic mass is 32.2. The third-order valence-electron chi connectivity index (χ3n) is 5.74. The van der Waals surface area contributed by atoms with E-state index in [2.05, 4.69) is 9.55 Å². The van der Waals surface area contributed by atoms with E-state index >= 15 is 0 Å². The molecule has 1 aliphatic rings. The van der Waals surface area contributed by atoms with Gasteiger partial charge >= 0.3 is 6.18 Å². The van der Waals surface area contributed by atoms with E-state index in [1.807, 2.05) is 12.5 Å². The Bertz CT molecular complexity index is 873. The minimum absolute atomic E-state index is 0.114. The second-order valence-corrected chi connectivity index (χ2v) is 9.83. The van der Waals surface area contributed by atoms with Crippen LogP contribution in [0.15, 0.2) is 47.9 Å². The molecule has 0 atom stereocenters. The number of hydrogen-bond acceptors (Lipinski definition) is 3. The van der Waals surface area contributed by atoms with Crippen LogP contribution in [-0.4, -0.2) is 35.9 Å². The van der Waals surface area contributed by atoms with Crippen molar-refractivity contribution in [2.75, 3.05) is 13.6 Å². The Morgan fingerprint density at radius 2 is 1.72 bits per heavy atom. The van der Waals surface area contributed by atoms with Gasteiger partial charge in [0, 0.05) is 32.5 Å². The summed E-state index contributed by atoms with van der Waals surface area (Å²) in [5.74, 6) is 1.09. The van der Waals surface area contributed by atoms with Crippen molar-refractivity contribution < 1.29 is 21.6 Å². The van der Waals surface area contributed by atoms with Gasteiger partial charge in [-0.15, -0.1) is 0 Å². The van der Waals surface area contributed by atoms with E-state index in [9.17, 15) is 21.6 Å². The molecular formula is C20H26F3N3O2S. The lowest BCUT2D eigenvalue weighted by molar-refractivity contribution is -0.137. The van der Waals surface area contributed by atoms with Gasteiger partial charge < -0.3 is 4.57 Å². The molecule has 0 radical (unpaired) electrons. The molecule has 1 aromatic carbocycles. The van der Waals surface area contributed by atoms with Gasteiger partial charge in [0.05, 0.1) is 16.8 Å². The molecule has 160 valence electrons. The average Bonchev–Trinajstić information content (AvgIpc) is 3.19. The van der Waals surface area contributed by atoms with Crippen LogP contribution in [0.25, 0.3) is 0 Å². The van der Waals surface area contributed by atoms with Crippen LogP contribution >= 0.6 is 0 Å². The summed E-state index contributed by atoms with van der Waals surface area (Å²) in [6, 6.07) is 3.66. The highest BCUT2D eigenvalue weighted by Gasteiger charge is 2.31. The molecule has 1 aromatic heterocycles. The Morgan fingerprint density at radius 1 is 1.10 bits per heavy atom. The fourth-order valence-electron chi connectivity index (χ4n) is 3.88. The van der Waals surface area contributed by atoms with E-state index in [0.29, 0.717) is 18.4 Å². The van der Waals surface area contributed by atoms with E-state index in [-0.39, 0.29) is 4.90 Å². The molecular weight excluding hydrogens is 403 g/mol. The van der Waals surface area contributed by atoms with Gasteiger partial charge in [0.2, 0.25) is 10.0 Å². The molecule has 0 spiro atoms. The fraction of sp³-hybridized carbons (Fsp3) is 0.550. The highest BCUT2D eigenvalue weighted by Crippen LogP contribution is 2.33. The van der Waals surface area contributed by atoms with Crippen molar-refractivity contribution in [2.45, 2.75) is 49.7 Å². The van der Waals surface area contributed by atoms with Crippen molar-refractivity contribution in [3.8, 4) is 0 Å². The molecule has 1 fully saturated rings. The second-order valence-electron chi connectivity index (χ2n) is 7.78. The molecule has 9 heteroatoms. The summed E-state index contributed by atoms with van der Waals surface area (Å²) < 4.78 is 66.6. The van der Waals surface area contributed by atoms with Crippen LogP contribution in [0, 0.1) is 11.8 Å². The van der Waals surface area contributed by atoms with E-state index in [1.54, 1.807) is 6.20 Å². The zero-order chi connectivity index (χ0) is 21.1. The zero-order valence-corrected chi connectivity index (χ0v) is 17.2. The first-order chi connectivity index (χ1) is 13.7. The number of benzene rings is 1. The molecule has 1 heterocycles. The molecule has 1 aliphatic carbocycles. The van der Waals surface area contributed by atoms with Crippen molar-refractivity contribution in [2.24, 2.45) is 11.8 Å². The molecule has 3 rings (SSSR count). The second kappa shape index (κ2) is 8.87. The lowest BCUT2D eigenvalue weighted by Gasteiger charge is -2.29. The summed E-state index contributed by atoms with van der Waals surface area (Å²) in [6.45, 7) is 1.33. The van der Waals surface area contributed by atoms with Crippen LogP contribution < -0.4 is 0 Å². The summed E-state index contributed by atoms with van der Waals surface area (Å²) in [6.07, 6.45) is 6.19. The van der Waals surface area contributed by atoms with E-state index < -0.39 is 21.8 Å². The van der Waals surface area contributed by atoms with Gasteiger partial charge in [0.1, 0.15) is 0 Å². The van der Waals surface area contributed by atoms with Gasteiger partial charge in [-0.05, 0) is 55.4 Å². The number of imidazole rings is 1. The molecule has 1 saturated carbocycles. The van der Waals surface area contributed by atoms with Crippen LogP contribution in [0.2, 0.25) is 0 Å². The largest absolute Gasteiger partial charge is 0.416 e. The first-order valence-corrected chi connectivity index (χ1v) is 11.2. The van der Waals surface area contributed by atoms with E-state index in [4.69, 9.17) is 0 Å².